The number of nitrogens with one attached hydrogen (secondary N) is 1. The van der Waals surface area contributed by atoms with E-state index in [1.807, 2.05) is 0 Å². The van der Waals surface area contributed by atoms with Crippen molar-refractivity contribution in [3.8, 4) is 0 Å². The molecular weight excluding hydrogens is 289 g/mol. The monoisotopic (exact) mass is 294 g/mol. The first-order valence-electron chi connectivity index (χ1n) is 4.55. The fourth-order valence-corrected chi connectivity index (χ4v) is 2.36. The van der Waals surface area contributed by atoms with Crippen LogP contribution in [0.5, 0.6) is 0 Å². The van der Waals surface area contributed by atoms with Gasteiger partial charge in [0.25, 0.3) is 0 Å². The van der Waals surface area contributed by atoms with E-state index in [9.17, 15) is 8.78 Å². The summed E-state index contributed by atoms with van der Waals surface area (Å²) in [7, 11) is 0. The summed E-state index contributed by atoms with van der Waals surface area (Å²) >= 11 is 12.4. The van der Waals surface area contributed by atoms with Crippen LogP contribution in [-0.4, -0.2) is 4.98 Å². The summed E-state index contributed by atoms with van der Waals surface area (Å²) < 4.78 is 27.2. The molecule has 17 heavy (non-hydrogen) atoms. The van der Waals surface area contributed by atoms with Crippen LogP contribution in [0, 0.1) is 11.6 Å². The van der Waals surface area contributed by atoms with E-state index in [0.29, 0.717) is 4.47 Å². The van der Waals surface area contributed by atoms with E-state index in [0.717, 1.165) is 17.0 Å². The minimum atomic E-state index is -0.731. The second-order valence-electron chi connectivity index (χ2n) is 3.18. The van der Waals surface area contributed by atoms with Crippen molar-refractivity contribution < 1.29 is 8.78 Å². The summed E-state index contributed by atoms with van der Waals surface area (Å²) in [5, 5.41) is 2.66. The Balaban J connectivity index is 2.14. The topological polar surface area (TPSA) is 24.9 Å². The van der Waals surface area contributed by atoms with Gasteiger partial charge >= 0.3 is 0 Å². The minimum absolute atomic E-state index is 0.0198. The highest BCUT2D eigenvalue weighted by Gasteiger charge is 2.10. The van der Waals surface area contributed by atoms with E-state index in [1.165, 1.54) is 11.3 Å². The summed E-state index contributed by atoms with van der Waals surface area (Å²) in [5.74, 6) is -1.46. The minimum Gasteiger partial charge on any atom is -0.375 e. The summed E-state index contributed by atoms with van der Waals surface area (Å²) in [4.78, 5) is 4.60. The second kappa shape index (κ2) is 5.16. The number of benzene rings is 1. The number of hydrogen-bond donors (Lipinski definition) is 1. The standard InChI is InChI=1S/C10H6Cl2F2N2S/c11-5-1-7(13)9(8(14)2-5)15-3-6-4-16-10(12)17-6/h1-2,4,15H,3H2. The first-order chi connectivity index (χ1) is 8.06. The molecule has 0 aliphatic carbocycles. The maximum Gasteiger partial charge on any atom is 0.183 e. The number of thiazole rings is 1. The fourth-order valence-electron chi connectivity index (χ4n) is 1.25. The number of nitrogens with zero attached hydrogens (tertiary/aromatic N) is 1. The van der Waals surface area contributed by atoms with Crippen molar-refractivity contribution in [3.63, 3.8) is 0 Å². The third-order valence-corrected chi connectivity index (χ3v) is 3.30. The molecule has 0 bridgehead atoms. The van der Waals surface area contributed by atoms with Gasteiger partial charge in [0, 0.05) is 16.1 Å². The number of halogens is 4. The van der Waals surface area contributed by atoms with Crippen LogP contribution in [0.15, 0.2) is 18.3 Å². The van der Waals surface area contributed by atoms with Crippen LogP contribution in [0.2, 0.25) is 9.49 Å². The van der Waals surface area contributed by atoms with Gasteiger partial charge in [-0.1, -0.05) is 23.2 Å². The first kappa shape index (κ1) is 12.5. The maximum absolute atomic E-state index is 13.4. The number of hydrogen-bond acceptors (Lipinski definition) is 3. The predicted molar refractivity (Wildman–Crippen MR) is 65.8 cm³/mol. The molecule has 0 unspecified atom stereocenters. The number of aromatic nitrogens is 1. The average Bonchev–Trinajstić information content (AvgIpc) is 2.62. The van der Waals surface area contributed by atoms with E-state index in [4.69, 9.17) is 23.2 Å². The SMILES string of the molecule is Fc1cc(Cl)cc(F)c1NCc1cnc(Cl)s1. The largest absolute Gasteiger partial charge is 0.375 e. The summed E-state index contributed by atoms with van der Waals surface area (Å²) in [6, 6.07) is 2.10. The van der Waals surface area contributed by atoms with Crippen LogP contribution in [0.3, 0.4) is 0 Å². The van der Waals surface area contributed by atoms with Crippen molar-refractivity contribution in [3.05, 3.63) is 44.3 Å². The molecule has 0 atom stereocenters. The lowest BCUT2D eigenvalue weighted by atomic mass is 10.3. The third-order valence-electron chi connectivity index (χ3n) is 1.97. The van der Waals surface area contributed by atoms with Crippen LogP contribution >= 0.6 is 34.5 Å². The smallest absolute Gasteiger partial charge is 0.183 e. The lowest BCUT2D eigenvalue weighted by molar-refractivity contribution is 0.588. The molecule has 0 radical (unpaired) electrons. The lowest BCUT2D eigenvalue weighted by Gasteiger charge is -2.07. The summed E-state index contributed by atoms with van der Waals surface area (Å²) in [5.41, 5.74) is -0.209. The van der Waals surface area contributed by atoms with E-state index < -0.39 is 11.6 Å². The zero-order valence-corrected chi connectivity index (χ0v) is 10.6. The number of anilines is 1. The van der Waals surface area contributed by atoms with Crippen molar-refractivity contribution in [2.24, 2.45) is 0 Å². The van der Waals surface area contributed by atoms with Crippen LogP contribution in [-0.2, 0) is 6.54 Å². The molecular formula is C10H6Cl2F2N2S. The van der Waals surface area contributed by atoms with E-state index in [-0.39, 0.29) is 17.3 Å². The average molecular weight is 295 g/mol. The zero-order chi connectivity index (χ0) is 12.4. The molecule has 1 aromatic carbocycles. The molecule has 2 nitrogen and oxygen atoms in total. The Morgan fingerprint density at radius 3 is 2.41 bits per heavy atom. The molecule has 0 saturated carbocycles. The van der Waals surface area contributed by atoms with Gasteiger partial charge in [0.2, 0.25) is 0 Å². The van der Waals surface area contributed by atoms with Crippen LogP contribution in [0.1, 0.15) is 4.88 Å². The van der Waals surface area contributed by atoms with Gasteiger partial charge in [-0.25, -0.2) is 13.8 Å². The molecule has 0 aliphatic heterocycles. The van der Waals surface area contributed by atoms with E-state index >= 15 is 0 Å². The van der Waals surface area contributed by atoms with Gasteiger partial charge in [0.15, 0.2) is 16.1 Å². The van der Waals surface area contributed by atoms with Crippen molar-refractivity contribution in [2.45, 2.75) is 6.54 Å². The van der Waals surface area contributed by atoms with Gasteiger partial charge in [-0.05, 0) is 12.1 Å². The number of rotatable bonds is 3. The predicted octanol–water partition coefficient (Wildman–Crippen LogP) is 4.34. The van der Waals surface area contributed by atoms with Crippen molar-refractivity contribution in [1.29, 1.82) is 0 Å². The zero-order valence-electron chi connectivity index (χ0n) is 8.31. The molecule has 1 N–H and O–H groups in total. The quantitative estimate of drug-likeness (QED) is 0.911. The fraction of sp³-hybridized carbons (Fsp3) is 0.100. The summed E-state index contributed by atoms with van der Waals surface area (Å²) in [6.45, 7) is 0.250. The normalized spacial score (nSPS) is 10.6. The van der Waals surface area contributed by atoms with E-state index in [1.54, 1.807) is 6.20 Å². The Labute approximate surface area is 110 Å². The van der Waals surface area contributed by atoms with Gasteiger partial charge < -0.3 is 5.32 Å². The Hall–Kier alpha value is -0.910. The molecule has 2 rings (SSSR count). The molecule has 90 valence electrons. The Kier molecular flexibility index (Phi) is 3.81. The molecule has 1 aromatic heterocycles. The van der Waals surface area contributed by atoms with Crippen molar-refractivity contribution in [2.75, 3.05) is 5.32 Å². The van der Waals surface area contributed by atoms with Gasteiger partial charge in [-0.15, -0.1) is 11.3 Å². The van der Waals surface area contributed by atoms with Crippen LogP contribution in [0.25, 0.3) is 0 Å². The van der Waals surface area contributed by atoms with Gasteiger partial charge in [0.1, 0.15) is 5.69 Å². The first-order valence-corrected chi connectivity index (χ1v) is 6.12. The molecule has 1 heterocycles. The van der Waals surface area contributed by atoms with Crippen LogP contribution < -0.4 is 5.32 Å². The van der Waals surface area contributed by atoms with Gasteiger partial charge in [-0.3, -0.25) is 0 Å². The lowest BCUT2D eigenvalue weighted by Crippen LogP contribution is -2.02. The van der Waals surface area contributed by atoms with Crippen molar-refractivity contribution >= 4 is 40.2 Å². The molecule has 0 spiro atoms. The molecule has 0 amide bonds. The highest BCUT2D eigenvalue weighted by atomic mass is 35.5. The second-order valence-corrected chi connectivity index (χ2v) is 5.31. The Morgan fingerprint density at radius 1 is 1.24 bits per heavy atom. The third kappa shape index (κ3) is 3.06. The molecule has 0 aliphatic rings. The van der Waals surface area contributed by atoms with Gasteiger partial charge in [0.05, 0.1) is 6.54 Å². The molecule has 0 fully saturated rings. The maximum atomic E-state index is 13.4. The molecule has 7 heteroatoms. The van der Waals surface area contributed by atoms with Gasteiger partial charge in [-0.2, -0.15) is 0 Å². The highest BCUT2D eigenvalue weighted by molar-refractivity contribution is 7.15. The highest BCUT2D eigenvalue weighted by Crippen LogP contribution is 2.25. The van der Waals surface area contributed by atoms with Crippen LogP contribution in [0.4, 0.5) is 14.5 Å². The Bertz CT molecular complexity index is 522. The molecule has 0 saturated heterocycles. The van der Waals surface area contributed by atoms with Crippen molar-refractivity contribution in [1.82, 2.24) is 4.98 Å². The molecule has 2 aromatic rings. The summed E-state index contributed by atoms with van der Waals surface area (Å²) in [6.07, 6.45) is 1.55. The Morgan fingerprint density at radius 2 is 1.88 bits per heavy atom. The van der Waals surface area contributed by atoms with E-state index in [2.05, 4.69) is 10.3 Å².